The lowest BCUT2D eigenvalue weighted by Gasteiger charge is -2.24. The highest BCUT2D eigenvalue weighted by Crippen LogP contribution is 2.23. The van der Waals surface area contributed by atoms with Gasteiger partial charge in [-0.05, 0) is 74.7 Å². The maximum atomic E-state index is 13.8. The van der Waals surface area contributed by atoms with Crippen molar-refractivity contribution >= 4 is 29.4 Å². The van der Waals surface area contributed by atoms with Gasteiger partial charge in [0.25, 0.3) is 5.91 Å². The van der Waals surface area contributed by atoms with Crippen LogP contribution in [0.2, 0.25) is 0 Å². The Morgan fingerprint density at radius 3 is 2.07 bits per heavy atom. The summed E-state index contributed by atoms with van der Waals surface area (Å²) in [5, 5.41) is 0. The highest BCUT2D eigenvalue weighted by Gasteiger charge is 2.23. The molecule has 0 atom stereocenters. The molecule has 5 nitrogen and oxygen atoms in total. The second-order valence-corrected chi connectivity index (χ2v) is 9.02. The molecular weight excluding hydrogens is 506 g/mol. The van der Waals surface area contributed by atoms with Crippen molar-refractivity contribution in [1.82, 2.24) is 0 Å². The quantitative estimate of drug-likeness (QED) is 0.137. The third kappa shape index (κ3) is 10.4. The number of rotatable bonds is 11. The second kappa shape index (κ2) is 18.5. The number of carbonyl (C=O) groups excluding carboxylic acids is 2. The Balaban J connectivity index is 0.00000138. The molecular formula is C36H41N3O2. The first-order chi connectivity index (χ1) is 20.0. The van der Waals surface area contributed by atoms with Crippen LogP contribution >= 0.6 is 0 Å². The van der Waals surface area contributed by atoms with Crippen LogP contribution in [-0.2, 0) is 11.2 Å². The number of hydrogen-bond acceptors (Lipinski definition) is 3. The molecule has 0 heterocycles. The van der Waals surface area contributed by atoms with Crippen LogP contribution in [0.5, 0.6) is 0 Å². The summed E-state index contributed by atoms with van der Waals surface area (Å²) in [6, 6.07) is 26.2. The predicted octanol–water partition coefficient (Wildman–Crippen LogP) is 8.56. The van der Waals surface area contributed by atoms with E-state index in [0.29, 0.717) is 16.8 Å². The second-order valence-electron chi connectivity index (χ2n) is 9.02. The van der Waals surface area contributed by atoms with E-state index in [1.54, 1.807) is 40.4 Å². The molecule has 5 heteroatoms. The molecule has 0 aliphatic heterocycles. The van der Waals surface area contributed by atoms with Crippen molar-refractivity contribution in [3.63, 3.8) is 0 Å². The van der Waals surface area contributed by atoms with Gasteiger partial charge < -0.3 is 0 Å². The van der Waals surface area contributed by atoms with Crippen LogP contribution in [0.4, 0.5) is 11.4 Å². The van der Waals surface area contributed by atoms with Crippen molar-refractivity contribution in [2.75, 3.05) is 16.3 Å². The minimum absolute atomic E-state index is 0.0594. The number of benzene rings is 3. The molecule has 0 spiro atoms. The lowest BCUT2D eigenvalue weighted by atomic mass is 10.0. The van der Waals surface area contributed by atoms with E-state index in [-0.39, 0.29) is 18.2 Å². The van der Waals surface area contributed by atoms with Gasteiger partial charge >= 0.3 is 0 Å². The van der Waals surface area contributed by atoms with Crippen molar-refractivity contribution in [1.29, 1.82) is 0 Å². The van der Waals surface area contributed by atoms with E-state index in [4.69, 9.17) is 0 Å². The Labute approximate surface area is 245 Å². The SMILES string of the molecule is C=CCC.CC=C=C(C)N(C(=O)Cc1ccccc1C(=O)N(/C=C/C=NCCC)c1ccccc1)c1ccccc1. The molecule has 0 N–H and O–H groups in total. The van der Waals surface area contributed by atoms with Gasteiger partial charge in [-0.1, -0.05) is 74.5 Å². The summed E-state index contributed by atoms with van der Waals surface area (Å²) in [4.78, 5) is 35.0. The monoisotopic (exact) mass is 547 g/mol. The van der Waals surface area contributed by atoms with Crippen molar-refractivity contribution < 1.29 is 9.59 Å². The lowest BCUT2D eigenvalue weighted by Crippen LogP contribution is -2.32. The van der Waals surface area contributed by atoms with E-state index >= 15 is 0 Å². The summed E-state index contributed by atoms with van der Waals surface area (Å²) < 4.78 is 0. The third-order valence-corrected chi connectivity index (χ3v) is 5.86. The van der Waals surface area contributed by atoms with E-state index in [1.807, 2.05) is 98.8 Å². The largest absolute Gasteiger partial charge is 0.293 e. The summed E-state index contributed by atoms with van der Waals surface area (Å²) in [5.41, 5.74) is 6.41. The van der Waals surface area contributed by atoms with Gasteiger partial charge in [-0.2, -0.15) is 0 Å². The highest BCUT2D eigenvalue weighted by molar-refractivity contribution is 6.09. The molecule has 0 saturated heterocycles. The van der Waals surface area contributed by atoms with Crippen molar-refractivity contribution in [2.45, 2.75) is 47.0 Å². The normalized spacial score (nSPS) is 10.3. The van der Waals surface area contributed by atoms with Crippen LogP contribution in [0.25, 0.3) is 0 Å². The number of amides is 2. The van der Waals surface area contributed by atoms with Gasteiger partial charge in [-0.3, -0.25) is 24.4 Å². The zero-order valence-electron chi connectivity index (χ0n) is 24.7. The number of anilines is 2. The number of nitrogens with zero attached hydrogens (tertiary/aromatic N) is 3. The smallest absolute Gasteiger partial charge is 0.262 e. The Hall–Kier alpha value is -4.73. The fraction of sp³-hybridized carbons (Fsp3) is 0.222. The number of para-hydroxylation sites is 2. The summed E-state index contributed by atoms with van der Waals surface area (Å²) >= 11 is 0. The van der Waals surface area contributed by atoms with E-state index in [0.717, 1.165) is 30.8 Å². The molecule has 0 unspecified atom stereocenters. The van der Waals surface area contributed by atoms with Gasteiger partial charge in [-0.25, -0.2) is 0 Å². The van der Waals surface area contributed by atoms with E-state index in [2.05, 4.69) is 31.2 Å². The van der Waals surface area contributed by atoms with Gasteiger partial charge in [0.05, 0.1) is 12.1 Å². The summed E-state index contributed by atoms with van der Waals surface area (Å²) in [6.07, 6.45) is 10.9. The van der Waals surface area contributed by atoms with E-state index in [1.165, 1.54) is 0 Å². The summed E-state index contributed by atoms with van der Waals surface area (Å²) in [7, 11) is 0. The zero-order chi connectivity index (χ0) is 29.9. The fourth-order valence-corrected chi connectivity index (χ4v) is 3.88. The average molecular weight is 548 g/mol. The molecule has 0 radical (unpaired) electrons. The molecule has 0 aromatic heterocycles. The number of hydrogen-bond donors (Lipinski definition) is 0. The molecule has 3 rings (SSSR count). The maximum absolute atomic E-state index is 13.8. The minimum atomic E-state index is -0.221. The van der Waals surface area contributed by atoms with Crippen LogP contribution in [0, 0.1) is 0 Å². The summed E-state index contributed by atoms with van der Waals surface area (Å²) in [6.45, 7) is 12.1. The molecule has 0 aliphatic carbocycles. The van der Waals surface area contributed by atoms with Crippen LogP contribution < -0.4 is 9.80 Å². The molecule has 0 saturated carbocycles. The molecule has 41 heavy (non-hydrogen) atoms. The maximum Gasteiger partial charge on any atom is 0.262 e. The Morgan fingerprint density at radius 1 is 0.902 bits per heavy atom. The van der Waals surface area contributed by atoms with Gasteiger partial charge in [0.15, 0.2) is 0 Å². The van der Waals surface area contributed by atoms with Crippen LogP contribution in [0.1, 0.15) is 56.5 Å². The average Bonchev–Trinajstić information content (AvgIpc) is 3.00. The van der Waals surface area contributed by atoms with Crippen molar-refractivity contribution in [2.24, 2.45) is 4.99 Å². The Morgan fingerprint density at radius 2 is 1.49 bits per heavy atom. The number of allylic oxidation sites excluding steroid dienone is 3. The molecule has 0 aliphatic rings. The number of carbonyl (C=O) groups is 2. The van der Waals surface area contributed by atoms with Crippen LogP contribution in [0.3, 0.4) is 0 Å². The van der Waals surface area contributed by atoms with E-state index in [9.17, 15) is 9.59 Å². The van der Waals surface area contributed by atoms with Crippen LogP contribution in [-0.4, -0.2) is 24.6 Å². The first kappa shape index (κ1) is 32.5. The Bertz CT molecular complexity index is 1370. The van der Waals surface area contributed by atoms with Gasteiger partial charge in [0, 0.05) is 35.9 Å². The predicted molar refractivity (Wildman–Crippen MR) is 174 cm³/mol. The molecule has 3 aromatic rings. The molecule has 3 aromatic carbocycles. The number of aliphatic imine (C=N–C) groups is 1. The first-order valence-electron chi connectivity index (χ1n) is 14.0. The summed E-state index contributed by atoms with van der Waals surface area (Å²) in [5.74, 6) is -0.367. The van der Waals surface area contributed by atoms with Gasteiger partial charge in [0.1, 0.15) is 0 Å². The van der Waals surface area contributed by atoms with Gasteiger partial charge in [-0.15, -0.1) is 12.3 Å². The van der Waals surface area contributed by atoms with E-state index < -0.39 is 0 Å². The van der Waals surface area contributed by atoms with Crippen molar-refractivity contribution in [3.8, 4) is 0 Å². The van der Waals surface area contributed by atoms with Gasteiger partial charge in [0.2, 0.25) is 5.91 Å². The Kier molecular flexibility index (Phi) is 14.7. The third-order valence-electron chi connectivity index (χ3n) is 5.86. The van der Waals surface area contributed by atoms with Crippen LogP contribution in [0.15, 0.2) is 132 Å². The first-order valence-corrected chi connectivity index (χ1v) is 14.0. The fourth-order valence-electron chi connectivity index (χ4n) is 3.88. The molecule has 2 amide bonds. The zero-order valence-corrected chi connectivity index (χ0v) is 24.7. The highest BCUT2D eigenvalue weighted by atomic mass is 16.2. The standard InChI is InChI=1S/C32H33N3O2.C4H8/c1-4-15-26(3)35(29-19-10-7-11-20-29)31(36)25-27-16-12-13-21-30(27)32(37)34(24-14-23-33-22-5-2)28-17-8-6-9-18-28;1-3-4-2/h4,6-14,16-21,23-24H,5,22,25H2,1-3H3;3H,1,4H2,2H3/b24-14+,33-23?;. The lowest BCUT2D eigenvalue weighted by molar-refractivity contribution is -0.117. The van der Waals surface area contributed by atoms with Crippen molar-refractivity contribution in [3.05, 3.63) is 138 Å². The minimum Gasteiger partial charge on any atom is -0.293 e. The molecule has 212 valence electrons. The molecule has 0 fully saturated rings. The molecule has 0 bridgehead atoms. The topological polar surface area (TPSA) is 53.0 Å².